The van der Waals surface area contributed by atoms with Gasteiger partial charge >= 0.3 is 0 Å². The van der Waals surface area contributed by atoms with Crippen molar-refractivity contribution in [3.63, 3.8) is 0 Å². The Bertz CT molecular complexity index is 851. The van der Waals surface area contributed by atoms with Crippen LogP contribution in [0.2, 0.25) is 0 Å². The van der Waals surface area contributed by atoms with Crippen molar-refractivity contribution in [3.05, 3.63) is 54.1 Å². The van der Waals surface area contributed by atoms with Gasteiger partial charge in [-0.3, -0.25) is 9.79 Å². The molecule has 108 valence electrons. The molecule has 1 N–H and O–H groups in total. The second kappa shape index (κ2) is 5.35. The average Bonchev–Trinajstić information content (AvgIpc) is 3.11. The van der Waals surface area contributed by atoms with Gasteiger partial charge in [-0.05, 0) is 23.8 Å². The fourth-order valence-corrected chi connectivity index (χ4v) is 3.51. The van der Waals surface area contributed by atoms with E-state index in [2.05, 4.69) is 15.3 Å². The van der Waals surface area contributed by atoms with Crippen LogP contribution < -0.4 is 5.32 Å². The number of amides is 1. The molecule has 0 aliphatic carbocycles. The lowest BCUT2D eigenvalue weighted by atomic mass is 9.97. The molecule has 1 atom stereocenters. The van der Waals surface area contributed by atoms with Gasteiger partial charge in [0.05, 0.1) is 15.9 Å². The van der Waals surface area contributed by atoms with Crippen LogP contribution in [0.3, 0.4) is 0 Å². The zero-order valence-electron chi connectivity index (χ0n) is 11.7. The molecule has 4 nitrogen and oxygen atoms in total. The molecule has 22 heavy (non-hydrogen) atoms. The Kier molecular flexibility index (Phi) is 3.20. The number of aromatic nitrogens is 1. The highest BCUT2D eigenvalue weighted by molar-refractivity contribution is 7.22. The lowest BCUT2D eigenvalue weighted by Gasteiger charge is -2.08. The summed E-state index contributed by atoms with van der Waals surface area (Å²) >= 11 is 1.49. The summed E-state index contributed by atoms with van der Waals surface area (Å²) in [6.07, 6.45) is 2.24. The minimum Gasteiger partial charge on any atom is -0.302 e. The van der Waals surface area contributed by atoms with Crippen molar-refractivity contribution in [1.82, 2.24) is 4.98 Å². The van der Waals surface area contributed by atoms with Gasteiger partial charge in [-0.2, -0.15) is 0 Å². The van der Waals surface area contributed by atoms with E-state index < -0.39 is 0 Å². The highest BCUT2D eigenvalue weighted by Gasteiger charge is 2.21. The summed E-state index contributed by atoms with van der Waals surface area (Å²) in [7, 11) is 0. The largest absolute Gasteiger partial charge is 0.302 e. The van der Waals surface area contributed by atoms with Crippen LogP contribution in [0.15, 0.2) is 53.5 Å². The van der Waals surface area contributed by atoms with Crippen molar-refractivity contribution in [3.8, 4) is 0 Å². The normalized spacial score (nSPS) is 15.9. The van der Waals surface area contributed by atoms with E-state index in [4.69, 9.17) is 0 Å². The fourth-order valence-electron chi connectivity index (χ4n) is 2.63. The number of rotatable bonds is 3. The monoisotopic (exact) mass is 307 g/mol. The lowest BCUT2D eigenvalue weighted by molar-refractivity contribution is -0.116. The fraction of sp³-hybridized carbons (Fsp3) is 0.118. The average molecular weight is 307 g/mol. The molecule has 0 spiro atoms. The van der Waals surface area contributed by atoms with Gasteiger partial charge in [0.15, 0.2) is 5.13 Å². The highest BCUT2D eigenvalue weighted by atomic mass is 32.1. The van der Waals surface area contributed by atoms with E-state index in [1.165, 1.54) is 11.3 Å². The standard InChI is InChI=1S/C17H13N3OS/c21-16(9-11-10-18-13-6-2-1-5-12(11)13)20-17-19-14-7-3-4-8-15(14)22-17/h1-8,10-11H,9H2,(H,19,20,21). The number of para-hydroxylation sites is 2. The number of benzene rings is 2. The van der Waals surface area contributed by atoms with Gasteiger partial charge in [-0.15, -0.1) is 0 Å². The van der Waals surface area contributed by atoms with E-state index in [9.17, 15) is 4.79 Å². The van der Waals surface area contributed by atoms with Gasteiger partial charge in [-0.1, -0.05) is 41.7 Å². The molecule has 0 radical (unpaired) electrons. The van der Waals surface area contributed by atoms with Crippen molar-refractivity contribution in [2.24, 2.45) is 4.99 Å². The molecule has 1 aliphatic heterocycles. The van der Waals surface area contributed by atoms with Gasteiger partial charge in [0.2, 0.25) is 5.91 Å². The SMILES string of the molecule is O=C(CC1C=Nc2ccccc21)Nc1nc2ccccc2s1. The third kappa shape index (κ3) is 2.40. The molecule has 0 bridgehead atoms. The second-order valence-electron chi connectivity index (χ2n) is 5.18. The molecule has 2 aromatic carbocycles. The molecule has 1 amide bonds. The Morgan fingerprint density at radius 1 is 1.14 bits per heavy atom. The Hall–Kier alpha value is -2.53. The first-order valence-corrected chi connectivity index (χ1v) is 7.90. The molecule has 4 rings (SSSR count). The van der Waals surface area contributed by atoms with Crippen LogP contribution in [0, 0.1) is 0 Å². The topological polar surface area (TPSA) is 54.4 Å². The number of carbonyl (C=O) groups is 1. The summed E-state index contributed by atoms with van der Waals surface area (Å²) < 4.78 is 1.07. The maximum Gasteiger partial charge on any atom is 0.227 e. The van der Waals surface area contributed by atoms with Gasteiger partial charge in [0.25, 0.3) is 0 Å². The summed E-state index contributed by atoms with van der Waals surface area (Å²) in [6.45, 7) is 0. The summed E-state index contributed by atoms with van der Waals surface area (Å²) in [5.41, 5.74) is 2.98. The second-order valence-corrected chi connectivity index (χ2v) is 6.21. The number of nitrogens with zero attached hydrogens (tertiary/aromatic N) is 2. The smallest absolute Gasteiger partial charge is 0.227 e. The van der Waals surface area contributed by atoms with Gasteiger partial charge in [0.1, 0.15) is 0 Å². The molecule has 0 saturated heterocycles. The van der Waals surface area contributed by atoms with Gasteiger partial charge < -0.3 is 5.32 Å². The number of anilines is 1. The maximum atomic E-state index is 12.2. The summed E-state index contributed by atoms with van der Waals surface area (Å²) in [4.78, 5) is 21.0. The third-order valence-electron chi connectivity index (χ3n) is 3.68. The molecular formula is C17H13N3OS. The molecule has 2 heterocycles. The lowest BCUT2D eigenvalue weighted by Crippen LogP contribution is -2.15. The van der Waals surface area contributed by atoms with Crippen molar-refractivity contribution < 1.29 is 4.79 Å². The molecule has 3 aromatic rings. The molecule has 1 aromatic heterocycles. The minimum atomic E-state index is -0.0350. The number of thiazole rings is 1. The van der Waals surface area contributed by atoms with Crippen molar-refractivity contribution in [1.29, 1.82) is 0 Å². The van der Waals surface area contributed by atoms with E-state index in [1.54, 1.807) is 0 Å². The van der Waals surface area contributed by atoms with Gasteiger partial charge in [-0.25, -0.2) is 4.98 Å². The Labute approximate surface area is 131 Å². The summed E-state index contributed by atoms with van der Waals surface area (Å²) in [5.74, 6) is 0.0118. The number of hydrogen-bond donors (Lipinski definition) is 1. The number of fused-ring (bicyclic) bond motifs is 2. The molecule has 0 fully saturated rings. The number of nitrogens with one attached hydrogen (secondary N) is 1. The number of hydrogen-bond acceptors (Lipinski definition) is 4. The summed E-state index contributed by atoms with van der Waals surface area (Å²) in [5, 5.41) is 3.54. The van der Waals surface area contributed by atoms with Crippen LogP contribution in [0.4, 0.5) is 10.8 Å². The quantitative estimate of drug-likeness (QED) is 0.791. The zero-order chi connectivity index (χ0) is 14.9. The van der Waals surface area contributed by atoms with Crippen LogP contribution in [-0.4, -0.2) is 17.1 Å². The molecule has 1 aliphatic rings. The molecule has 0 saturated carbocycles. The van der Waals surface area contributed by atoms with Crippen molar-refractivity contribution >= 4 is 44.5 Å². The Morgan fingerprint density at radius 3 is 2.86 bits per heavy atom. The molecule has 1 unspecified atom stereocenters. The molecular weight excluding hydrogens is 294 g/mol. The predicted molar refractivity (Wildman–Crippen MR) is 90.2 cm³/mol. The first kappa shape index (κ1) is 13.2. The maximum absolute atomic E-state index is 12.2. The van der Waals surface area contributed by atoms with Crippen LogP contribution in [0.5, 0.6) is 0 Å². The number of carbonyl (C=O) groups excluding carboxylic acids is 1. The van der Waals surface area contributed by atoms with Crippen LogP contribution in [0.1, 0.15) is 17.9 Å². The minimum absolute atomic E-state index is 0.0350. The Morgan fingerprint density at radius 2 is 1.95 bits per heavy atom. The van der Waals surface area contributed by atoms with E-state index in [0.717, 1.165) is 21.5 Å². The highest BCUT2D eigenvalue weighted by Crippen LogP contribution is 2.34. The predicted octanol–water partition coefficient (Wildman–Crippen LogP) is 4.12. The zero-order valence-corrected chi connectivity index (χ0v) is 12.5. The van der Waals surface area contributed by atoms with E-state index >= 15 is 0 Å². The third-order valence-corrected chi connectivity index (χ3v) is 4.63. The van der Waals surface area contributed by atoms with Crippen LogP contribution >= 0.6 is 11.3 Å². The van der Waals surface area contributed by atoms with E-state index in [1.807, 2.05) is 54.7 Å². The Balaban J connectivity index is 1.48. The van der Waals surface area contributed by atoms with Crippen LogP contribution in [0.25, 0.3) is 10.2 Å². The van der Waals surface area contributed by atoms with Crippen molar-refractivity contribution in [2.45, 2.75) is 12.3 Å². The van der Waals surface area contributed by atoms with E-state index in [-0.39, 0.29) is 11.8 Å². The van der Waals surface area contributed by atoms with Gasteiger partial charge in [0, 0.05) is 18.6 Å². The first-order chi connectivity index (χ1) is 10.8. The number of aliphatic imine (C=N–C) groups is 1. The van der Waals surface area contributed by atoms with Crippen LogP contribution in [-0.2, 0) is 4.79 Å². The first-order valence-electron chi connectivity index (χ1n) is 7.08. The summed E-state index contributed by atoms with van der Waals surface area (Å²) in [6, 6.07) is 15.8. The van der Waals surface area contributed by atoms with Crippen molar-refractivity contribution in [2.75, 3.05) is 5.32 Å². The van der Waals surface area contributed by atoms with E-state index in [0.29, 0.717) is 11.6 Å². The molecule has 5 heteroatoms.